The van der Waals surface area contributed by atoms with Crippen LogP contribution in [0.5, 0.6) is 0 Å². The summed E-state index contributed by atoms with van der Waals surface area (Å²) in [5.74, 6) is 0. The zero-order valence-corrected chi connectivity index (χ0v) is 15.4. The molecular weight excluding hydrogens is 341 g/mol. The van der Waals surface area contributed by atoms with E-state index in [-0.39, 0.29) is 37.1 Å². The molecule has 0 N–H and O–H groups in total. The fraction of sp³-hybridized carbons (Fsp3) is 0.235. The summed E-state index contributed by atoms with van der Waals surface area (Å²) in [5, 5.41) is 0. The van der Waals surface area contributed by atoms with Gasteiger partial charge in [0.05, 0.1) is 0 Å². The molecule has 1 saturated carbocycles. The first-order valence-corrected chi connectivity index (χ1v) is 6.83. The number of hydrogen-bond acceptors (Lipinski definition) is 0. The number of rotatable bonds is 0. The van der Waals surface area contributed by atoms with Gasteiger partial charge in [0.1, 0.15) is 0 Å². The van der Waals surface area contributed by atoms with Crippen LogP contribution in [0.25, 0.3) is 0 Å². The van der Waals surface area contributed by atoms with E-state index in [0.717, 1.165) is 6.42 Å². The standard InChI is InChI=1S/C7H7.C5H5.5CH3.ClH.Ru/c1-2-7-4-3-6(1)5-7;1-2-4-5-3-1;;;;;;;/h1H,3-5H2;1-3H,4H2;5*1H3;1H;/q7*-1;;+1/p-1. The van der Waals surface area contributed by atoms with Gasteiger partial charge in [0.15, 0.2) is 0 Å². The van der Waals surface area contributed by atoms with Crippen molar-refractivity contribution < 1.29 is 17.3 Å². The summed E-state index contributed by atoms with van der Waals surface area (Å²) in [6, 6.07) is 0. The van der Waals surface area contributed by atoms with Crippen molar-refractivity contribution in [2.24, 2.45) is 0 Å². The van der Waals surface area contributed by atoms with Gasteiger partial charge in [-0.3, -0.25) is 12.2 Å². The molecule has 0 aromatic rings. The van der Waals surface area contributed by atoms with Crippen LogP contribution in [0.4, 0.5) is 0 Å². The first-order chi connectivity index (χ1) is 6.95. The quantitative estimate of drug-likeness (QED) is 0.359. The number of allylic oxidation sites excluding steroid dienone is 8. The summed E-state index contributed by atoms with van der Waals surface area (Å²) in [5.41, 5.74) is 3.12. The monoisotopic (exact) mass is 368 g/mol. The summed E-state index contributed by atoms with van der Waals surface area (Å²) in [4.78, 5) is 0. The molecule has 3 aliphatic rings. The third-order valence-corrected chi connectivity index (χ3v) is 2.25. The maximum absolute atomic E-state index is 4.57. The van der Waals surface area contributed by atoms with Crippen LogP contribution in [0.15, 0.2) is 35.5 Å². The van der Waals surface area contributed by atoms with Crippen molar-refractivity contribution in [1.82, 2.24) is 0 Å². The van der Waals surface area contributed by atoms with Crippen LogP contribution < -0.4 is 0 Å². The van der Waals surface area contributed by atoms with E-state index in [0.29, 0.717) is 0 Å². The van der Waals surface area contributed by atoms with Crippen molar-refractivity contribution in [2.45, 2.75) is 25.7 Å². The van der Waals surface area contributed by atoms with E-state index >= 15 is 0 Å². The molecule has 0 unspecified atom stereocenters. The van der Waals surface area contributed by atoms with Crippen LogP contribution >= 0.6 is 9.69 Å². The average molecular weight is 368 g/mol. The summed E-state index contributed by atoms with van der Waals surface area (Å²) in [6.45, 7) is 0. The van der Waals surface area contributed by atoms with Crippen molar-refractivity contribution in [3.8, 4) is 0 Å². The topological polar surface area (TPSA) is 0 Å². The minimum atomic E-state index is 0. The second-order valence-electron chi connectivity index (χ2n) is 3.23. The second-order valence-corrected chi connectivity index (χ2v) is 3.23. The molecular formula is C17H27ClRu-7. The molecule has 19 heavy (non-hydrogen) atoms. The zero-order valence-electron chi connectivity index (χ0n) is 12.9. The van der Waals surface area contributed by atoms with Gasteiger partial charge < -0.3 is 37.1 Å². The molecule has 0 spiro atoms. The van der Waals surface area contributed by atoms with Gasteiger partial charge in [-0.15, -0.1) is 6.42 Å². The van der Waals surface area contributed by atoms with Gasteiger partial charge in [0, 0.05) is 0 Å². The molecule has 0 aliphatic heterocycles. The van der Waals surface area contributed by atoms with E-state index in [2.05, 4.69) is 34.0 Å². The molecule has 0 nitrogen and oxygen atoms in total. The first kappa shape index (κ1) is 31.3. The molecule has 0 radical (unpaired) electrons. The molecule has 3 aliphatic carbocycles. The Kier molecular flexibility index (Phi) is 33.3. The van der Waals surface area contributed by atoms with Crippen LogP contribution in [0.3, 0.4) is 0 Å². The van der Waals surface area contributed by atoms with Gasteiger partial charge in [0.25, 0.3) is 0 Å². The summed E-state index contributed by atoms with van der Waals surface area (Å²) >= 11 is 1.82. The fourth-order valence-corrected chi connectivity index (χ4v) is 1.55. The maximum atomic E-state index is 4.57. The molecule has 0 aromatic carbocycles. The third-order valence-electron chi connectivity index (χ3n) is 2.25. The number of halogens is 1. The van der Waals surface area contributed by atoms with Crippen molar-refractivity contribution in [3.63, 3.8) is 0 Å². The van der Waals surface area contributed by atoms with Gasteiger partial charge in [-0.25, -0.2) is 23.8 Å². The Morgan fingerprint density at radius 1 is 1.00 bits per heavy atom. The molecule has 0 amide bonds. The van der Waals surface area contributed by atoms with E-state index in [9.17, 15) is 0 Å². The normalized spacial score (nSPS) is 14.2. The molecule has 2 heteroatoms. The predicted octanol–water partition coefficient (Wildman–Crippen LogP) is 6.08. The second kappa shape index (κ2) is 20.2. The Bertz CT molecular complexity index is 258. The first-order valence-electron chi connectivity index (χ1n) is 4.59. The SMILES string of the molecule is [C-]1=C2CCC(=C1)C2.[C-]1=CC=CC1.[CH3-].[CH3-].[CH3-].[CH3-].[CH3-].[Cl][Ru]. The van der Waals surface area contributed by atoms with Crippen LogP contribution in [0.2, 0.25) is 0 Å². The van der Waals surface area contributed by atoms with Crippen LogP contribution in [0.1, 0.15) is 25.7 Å². The van der Waals surface area contributed by atoms with Gasteiger partial charge in [0.2, 0.25) is 0 Å². The van der Waals surface area contributed by atoms with Crippen molar-refractivity contribution >= 4 is 9.69 Å². The number of fused-ring (bicyclic) bond motifs is 2. The average Bonchev–Trinajstić information content (AvgIpc) is 3.02. The molecule has 1 fully saturated rings. The van der Waals surface area contributed by atoms with E-state index in [1.165, 1.54) is 24.8 Å². The fourth-order valence-electron chi connectivity index (χ4n) is 1.55. The Morgan fingerprint density at radius 2 is 1.63 bits per heavy atom. The molecule has 0 aromatic heterocycles. The van der Waals surface area contributed by atoms with Gasteiger partial charge in [-0.05, 0) is 0 Å². The van der Waals surface area contributed by atoms with Crippen molar-refractivity contribution in [3.05, 3.63) is 84.7 Å². The van der Waals surface area contributed by atoms with E-state index in [1.54, 1.807) is 5.57 Å². The van der Waals surface area contributed by atoms with Crippen LogP contribution in [-0.2, 0) is 17.3 Å². The Balaban J connectivity index is -0.0000000505. The zero-order chi connectivity index (χ0) is 10.2. The van der Waals surface area contributed by atoms with Crippen molar-refractivity contribution in [1.29, 1.82) is 0 Å². The van der Waals surface area contributed by atoms with E-state index in [4.69, 9.17) is 0 Å². The van der Waals surface area contributed by atoms with Crippen LogP contribution in [0, 0.1) is 49.3 Å². The molecule has 0 heterocycles. The van der Waals surface area contributed by atoms with Gasteiger partial charge in [-0.2, -0.15) is 11.6 Å². The molecule has 0 saturated heterocycles. The molecule has 3 rings (SSSR count). The summed E-state index contributed by atoms with van der Waals surface area (Å²) in [6.07, 6.45) is 19.2. The Morgan fingerprint density at radius 3 is 1.74 bits per heavy atom. The molecule has 0 atom stereocenters. The number of hydrogen-bond donors (Lipinski definition) is 0. The Labute approximate surface area is 137 Å². The summed E-state index contributed by atoms with van der Waals surface area (Å²) < 4.78 is 0. The molecule has 117 valence electrons. The van der Waals surface area contributed by atoms with Gasteiger partial charge >= 0.3 is 27.0 Å². The van der Waals surface area contributed by atoms with E-state index in [1.807, 2.05) is 29.5 Å². The Hall–Kier alpha value is -0.127. The van der Waals surface area contributed by atoms with Gasteiger partial charge in [-0.1, -0.05) is 19.3 Å². The van der Waals surface area contributed by atoms with Crippen molar-refractivity contribution in [2.75, 3.05) is 0 Å². The minimum absolute atomic E-state index is 0. The predicted molar refractivity (Wildman–Crippen MR) is 88.2 cm³/mol. The summed E-state index contributed by atoms with van der Waals surface area (Å²) in [7, 11) is 4.57. The third kappa shape index (κ3) is 12.6. The molecule has 2 bridgehead atoms. The van der Waals surface area contributed by atoms with Crippen LogP contribution in [-0.4, -0.2) is 0 Å². The van der Waals surface area contributed by atoms with E-state index < -0.39 is 0 Å².